The largest absolute Gasteiger partial charge is 0.417 e. The maximum absolute atomic E-state index is 12.9. The van der Waals surface area contributed by atoms with Gasteiger partial charge in [-0.15, -0.1) is 0 Å². The molecule has 1 atom stereocenters. The van der Waals surface area contributed by atoms with E-state index in [4.69, 9.17) is 0 Å². The number of rotatable bonds is 3. The van der Waals surface area contributed by atoms with Gasteiger partial charge in [-0.1, -0.05) is 66.0 Å². The number of halogens is 6. The highest BCUT2D eigenvalue weighted by Gasteiger charge is 2.33. The van der Waals surface area contributed by atoms with E-state index in [9.17, 15) is 13.2 Å². The first-order valence-corrected chi connectivity index (χ1v) is 8.52. The van der Waals surface area contributed by atoms with Crippen molar-refractivity contribution < 1.29 is 13.2 Å². The fraction of sp³-hybridized carbons (Fsp3) is 0.200. The van der Waals surface area contributed by atoms with E-state index in [1.54, 1.807) is 6.07 Å². The highest BCUT2D eigenvalue weighted by atomic mass is 79.9. The average molecular weight is 487 g/mol. The summed E-state index contributed by atoms with van der Waals surface area (Å²) in [6.45, 7) is 0. The maximum Gasteiger partial charge on any atom is 0.417 e. The van der Waals surface area contributed by atoms with Gasteiger partial charge in [0, 0.05) is 13.8 Å². The third-order valence-corrected chi connectivity index (χ3v) is 5.06. The second-order valence-electron chi connectivity index (χ2n) is 4.54. The summed E-state index contributed by atoms with van der Waals surface area (Å²) in [5.41, 5.74) is 1.00. The minimum atomic E-state index is -4.36. The van der Waals surface area contributed by atoms with E-state index in [0.717, 1.165) is 10.0 Å². The van der Waals surface area contributed by atoms with Gasteiger partial charge in [-0.05, 0) is 41.8 Å². The van der Waals surface area contributed by atoms with Gasteiger partial charge >= 0.3 is 6.18 Å². The zero-order valence-corrected chi connectivity index (χ0v) is 15.4. The van der Waals surface area contributed by atoms with Crippen LogP contribution >= 0.6 is 47.8 Å². The van der Waals surface area contributed by atoms with Gasteiger partial charge < -0.3 is 0 Å². The molecule has 0 amide bonds. The smallest absolute Gasteiger partial charge is 0.166 e. The van der Waals surface area contributed by atoms with E-state index >= 15 is 0 Å². The second kappa shape index (κ2) is 6.84. The average Bonchev–Trinajstić information content (AvgIpc) is 2.40. The Morgan fingerprint density at radius 3 is 2.14 bits per heavy atom. The third kappa shape index (κ3) is 4.57. The molecule has 2 aromatic rings. The zero-order valence-electron chi connectivity index (χ0n) is 10.6. The van der Waals surface area contributed by atoms with Crippen LogP contribution in [-0.4, -0.2) is 0 Å². The van der Waals surface area contributed by atoms with Crippen molar-refractivity contribution in [3.63, 3.8) is 0 Å². The summed E-state index contributed by atoms with van der Waals surface area (Å²) in [4.78, 5) is -0.173. The molecule has 0 aliphatic heterocycles. The van der Waals surface area contributed by atoms with Crippen molar-refractivity contribution in [3.8, 4) is 0 Å². The first-order valence-electron chi connectivity index (χ1n) is 6.02. The Kier molecular flexibility index (Phi) is 5.54. The van der Waals surface area contributed by atoms with E-state index in [-0.39, 0.29) is 9.30 Å². The normalized spacial score (nSPS) is 13.2. The lowest BCUT2D eigenvalue weighted by molar-refractivity contribution is -0.138. The van der Waals surface area contributed by atoms with E-state index < -0.39 is 11.7 Å². The maximum atomic E-state index is 12.9. The third-order valence-electron chi connectivity index (χ3n) is 2.99. The van der Waals surface area contributed by atoms with Gasteiger partial charge in [-0.25, -0.2) is 0 Å². The Bertz CT molecular complexity index is 621. The van der Waals surface area contributed by atoms with E-state index in [1.807, 2.05) is 24.3 Å². The van der Waals surface area contributed by atoms with Gasteiger partial charge in [0.15, 0.2) is 0 Å². The molecule has 0 aromatic heterocycles. The molecule has 0 N–H and O–H groups in total. The van der Waals surface area contributed by atoms with Crippen LogP contribution < -0.4 is 0 Å². The van der Waals surface area contributed by atoms with Crippen LogP contribution in [0.4, 0.5) is 13.2 Å². The van der Waals surface area contributed by atoms with Gasteiger partial charge in [-0.3, -0.25) is 0 Å². The predicted octanol–water partition coefficient (Wildman–Crippen LogP) is 6.91. The highest BCUT2D eigenvalue weighted by Crippen LogP contribution is 2.38. The quantitative estimate of drug-likeness (QED) is 0.413. The molecular formula is C15H10Br3F3. The molecular weight excluding hydrogens is 477 g/mol. The van der Waals surface area contributed by atoms with Gasteiger partial charge in [0.25, 0.3) is 0 Å². The van der Waals surface area contributed by atoms with Crippen LogP contribution in [0.5, 0.6) is 0 Å². The SMILES string of the molecule is FC(F)(F)c1cc(C(Br)Cc2ccc(Br)cc2)ccc1Br. The lowest BCUT2D eigenvalue weighted by atomic mass is 10.0. The Labute approximate surface area is 146 Å². The Morgan fingerprint density at radius 1 is 0.952 bits per heavy atom. The van der Waals surface area contributed by atoms with Crippen LogP contribution in [-0.2, 0) is 12.6 Å². The number of alkyl halides is 4. The summed E-state index contributed by atoms with van der Waals surface area (Å²) in [6.07, 6.45) is -3.74. The van der Waals surface area contributed by atoms with Gasteiger partial charge in [-0.2, -0.15) is 13.2 Å². The summed E-state index contributed by atoms with van der Waals surface area (Å²) < 4.78 is 39.8. The molecule has 0 aliphatic rings. The summed E-state index contributed by atoms with van der Waals surface area (Å²) in [5, 5.41) is 0. The summed E-state index contributed by atoms with van der Waals surface area (Å²) >= 11 is 9.78. The Balaban J connectivity index is 2.23. The van der Waals surface area contributed by atoms with E-state index in [2.05, 4.69) is 47.8 Å². The van der Waals surface area contributed by atoms with E-state index in [1.165, 1.54) is 12.1 Å². The molecule has 2 rings (SSSR count). The molecule has 0 heterocycles. The lowest BCUT2D eigenvalue weighted by Gasteiger charge is -2.15. The molecule has 0 bridgehead atoms. The van der Waals surface area contributed by atoms with Crippen molar-refractivity contribution in [1.82, 2.24) is 0 Å². The molecule has 0 saturated heterocycles. The lowest BCUT2D eigenvalue weighted by Crippen LogP contribution is -2.07. The molecule has 6 heteroatoms. The topological polar surface area (TPSA) is 0 Å². The number of hydrogen-bond acceptors (Lipinski definition) is 0. The predicted molar refractivity (Wildman–Crippen MR) is 88.7 cm³/mol. The van der Waals surface area contributed by atoms with Crippen LogP contribution in [0.3, 0.4) is 0 Å². The molecule has 112 valence electrons. The van der Waals surface area contributed by atoms with Gasteiger partial charge in [0.05, 0.1) is 5.56 Å². The molecule has 0 nitrogen and oxygen atoms in total. The first kappa shape index (κ1) is 17.0. The number of hydrogen-bond donors (Lipinski definition) is 0. The van der Waals surface area contributed by atoms with Crippen LogP contribution in [0.15, 0.2) is 51.4 Å². The van der Waals surface area contributed by atoms with Crippen LogP contribution in [0.1, 0.15) is 21.5 Å². The fourth-order valence-electron chi connectivity index (χ4n) is 1.90. The molecule has 0 saturated carbocycles. The molecule has 21 heavy (non-hydrogen) atoms. The summed E-state index contributed by atoms with van der Waals surface area (Å²) in [7, 11) is 0. The van der Waals surface area contributed by atoms with Crippen LogP contribution in [0.25, 0.3) is 0 Å². The molecule has 0 spiro atoms. The minimum Gasteiger partial charge on any atom is -0.166 e. The highest BCUT2D eigenvalue weighted by molar-refractivity contribution is 9.10. The Morgan fingerprint density at radius 2 is 1.57 bits per heavy atom. The Hall–Kier alpha value is -0.330. The van der Waals surface area contributed by atoms with Crippen molar-refractivity contribution in [3.05, 3.63) is 68.1 Å². The van der Waals surface area contributed by atoms with Gasteiger partial charge in [0.1, 0.15) is 0 Å². The van der Waals surface area contributed by atoms with Crippen molar-refractivity contribution in [2.75, 3.05) is 0 Å². The standard InChI is InChI=1S/C15H10Br3F3/c16-11-4-1-9(2-5-11)7-14(18)10-3-6-13(17)12(8-10)15(19,20)21/h1-6,8,14H,7H2. The first-order chi connectivity index (χ1) is 9.77. The molecule has 0 aliphatic carbocycles. The minimum absolute atomic E-state index is 0.0575. The molecule has 0 fully saturated rings. The van der Waals surface area contributed by atoms with Crippen LogP contribution in [0.2, 0.25) is 0 Å². The molecule has 0 radical (unpaired) electrons. The number of benzene rings is 2. The second-order valence-corrected chi connectivity index (χ2v) is 7.41. The van der Waals surface area contributed by atoms with Crippen molar-refractivity contribution >= 4 is 47.8 Å². The molecule has 1 unspecified atom stereocenters. The van der Waals surface area contributed by atoms with Crippen LogP contribution in [0, 0.1) is 0 Å². The summed E-state index contributed by atoms with van der Waals surface area (Å²) in [6, 6.07) is 12.0. The monoisotopic (exact) mass is 484 g/mol. The fourth-order valence-corrected chi connectivity index (χ4v) is 3.29. The van der Waals surface area contributed by atoms with Crippen molar-refractivity contribution in [2.24, 2.45) is 0 Å². The summed E-state index contributed by atoms with van der Waals surface area (Å²) in [5.74, 6) is 0. The zero-order chi connectivity index (χ0) is 15.6. The van der Waals surface area contributed by atoms with Crippen molar-refractivity contribution in [2.45, 2.75) is 17.4 Å². The van der Waals surface area contributed by atoms with Gasteiger partial charge in [0.2, 0.25) is 0 Å². The van der Waals surface area contributed by atoms with Crippen molar-refractivity contribution in [1.29, 1.82) is 0 Å². The molecule has 2 aromatic carbocycles. The van der Waals surface area contributed by atoms with E-state index in [0.29, 0.717) is 12.0 Å².